The van der Waals surface area contributed by atoms with Crippen molar-refractivity contribution in [3.8, 4) is 0 Å². The van der Waals surface area contributed by atoms with Gasteiger partial charge in [0.05, 0.1) is 5.56 Å². The zero-order valence-corrected chi connectivity index (χ0v) is 9.61. The predicted octanol–water partition coefficient (Wildman–Crippen LogP) is 1.44. The molecule has 0 radical (unpaired) electrons. The minimum atomic E-state index is -4.37. The third-order valence-electron chi connectivity index (χ3n) is 3.46. The molecule has 0 aliphatic carbocycles. The van der Waals surface area contributed by atoms with Crippen molar-refractivity contribution in [3.63, 3.8) is 0 Å². The van der Waals surface area contributed by atoms with Gasteiger partial charge in [0.25, 0.3) is 0 Å². The predicted molar refractivity (Wildman–Crippen MR) is 59.2 cm³/mol. The first kappa shape index (κ1) is 11.7. The molecule has 0 aromatic carbocycles. The average Bonchev–Trinajstić information content (AvgIpc) is 2.67. The molecule has 2 saturated heterocycles. The smallest absolute Gasteiger partial charge is 0.338 e. The first-order chi connectivity index (χ1) is 8.52. The van der Waals surface area contributed by atoms with E-state index in [1.807, 2.05) is 4.90 Å². The van der Waals surface area contributed by atoms with E-state index in [1.54, 1.807) is 0 Å². The van der Waals surface area contributed by atoms with E-state index < -0.39 is 11.7 Å². The lowest BCUT2D eigenvalue weighted by atomic mass is 10.2. The van der Waals surface area contributed by atoms with Gasteiger partial charge in [-0.05, 0) is 12.8 Å². The molecule has 4 nitrogen and oxygen atoms in total. The Hall–Kier alpha value is -1.37. The molecule has 1 aromatic heterocycles. The number of nitrogens with one attached hydrogen (secondary N) is 1. The summed E-state index contributed by atoms with van der Waals surface area (Å²) >= 11 is 0. The number of hydrogen-bond acceptors (Lipinski definition) is 4. The van der Waals surface area contributed by atoms with Crippen molar-refractivity contribution in [1.29, 1.82) is 0 Å². The molecule has 2 fully saturated rings. The number of halogens is 3. The Bertz CT molecular complexity index is 419. The van der Waals surface area contributed by atoms with E-state index in [-0.39, 0.29) is 0 Å². The molecule has 2 aliphatic rings. The standard InChI is InChI=1S/C11H13F3N4/c12-11(13,14)7-3-15-10(16-4-7)18-5-8-1-2-9(6-18)17-8/h3-4,8-9,17H,1-2,5-6H2/t8-,9+. The largest absolute Gasteiger partial charge is 0.419 e. The van der Waals surface area contributed by atoms with Gasteiger partial charge in [-0.15, -0.1) is 0 Å². The van der Waals surface area contributed by atoms with Crippen LogP contribution in [0.4, 0.5) is 19.1 Å². The molecule has 3 rings (SSSR count). The van der Waals surface area contributed by atoms with Crippen LogP contribution >= 0.6 is 0 Å². The number of hydrogen-bond donors (Lipinski definition) is 1. The lowest BCUT2D eigenvalue weighted by Gasteiger charge is -2.32. The van der Waals surface area contributed by atoms with Crippen LogP contribution in [0.2, 0.25) is 0 Å². The van der Waals surface area contributed by atoms with E-state index in [0.29, 0.717) is 18.0 Å². The number of rotatable bonds is 1. The van der Waals surface area contributed by atoms with Gasteiger partial charge in [0.2, 0.25) is 5.95 Å². The molecule has 2 atom stereocenters. The third kappa shape index (κ3) is 2.14. The SMILES string of the molecule is FC(F)(F)c1cnc(N2C[C@H]3CC[C@@H](C2)N3)nc1. The fourth-order valence-electron chi connectivity index (χ4n) is 2.59. The molecule has 3 heterocycles. The molecular formula is C11H13F3N4. The summed E-state index contributed by atoms with van der Waals surface area (Å²) in [5.41, 5.74) is -0.802. The first-order valence-electron chi connectivity index (χ1n) is 5.92. The summed E-state index contributed by atoms with van der Waals surface area (Å²) in [4.78, 5) is 9.62. The molecule has 0 saturated carbocycles. The second kappa shape index (κ2) is 4.08. The fourth-order valence-corrected chi connectivity index (χ4v) is 2.59. The average molecular weight is 258 g/mol. The maximum absolute atomic E-state index is 12.4. The van der Waals surface area contributed by atoms with E-state index in [0.717, 1.165) is 38.3 Å². The van der Waals surface area contributed by atoms with Crippen LogP contribution in [0.1, 0.15) is 18.4 Å². The summed E-state index contributed by atoms with van der Waals surface area (Å²) in [6.45, 7) is 1.53. The fraction of sp³-hybridized carbons (Fsp3) is 0.636. The summed E-state index contributed by atoms with van der Waals surface area (Å²) in [7, 11) is 0. The molecule has 0 unspecified atom stereocenters. The lowest BCUT2D eigenvalue weighted by molar-refractivity contribution is -0.138. The Morgan fingerprint density at radius 1 is 1.11 bits per heavy atom. The minimum absolute atomic E-state index is 0.390. The zero-order valence-electron chi connectivity index (χ0n) is 9.61. The highest BCUT2D eigenvalue weighted by Crippen LogP contribution is 2.29. The summed E-state index contributed by atoms with van der Waals surface area (Å²) in [5.74, 6) is 0.390. The van der Waals surface area contributed by atoms with E-state index >= 15 is 0 Å². The monoisotopic (exact) mass is 258 g/mol. The Morgan fingerprint density at radius 2 is 1.67 bits per heavy atom. The highest BCUT2D eigenvalue weighted by Gasteiger charge is 2.34. The van der Waals surface area contributed by atoms with Gasteiger partial charge in [-0.1, -0.05) is 0 Å². The summed E-state index contributed by atoms with van der Waals surface area (Å²) in [6.07, 6.45) is -0.441. The van der Waals surface area contributed by atoms with Crippen LogP contribution < -0.4 is 10.2 Å². The van der Waals surface area contributed by atoms with Gasteiger partial charge < -0.3 is 10.2 Å². The van der Waals surface area contributed by atoms with Crippen molar-refractivity contribution in [1.82, 2.24) is 15.3 Å². The van der Waals surface area contributed by atoms with E-state index in [2.05, 4.69) is 15.3 Å². The highest BCUT2D eigenvalue weighted by molar-refractivity contribution is 5.33. The van der Waals surface area contributed by atoms with Crippen LogP contribution in [-0.2, 0) is 6.18 Å². The molecule has 7 heteroatoms. The number of piperazine rings is 1. The molecule has 2 bridgehead atoms. The molecule has 98 valence electrons. The molecular weight excluding hydrogens is 245 g/mol. The van der Waals surface area contributed by atoms with Gasteiger partial charge in [0.15, 0.2) is 0 Å². The second-order valence-electron chi connectivity index (χ2n) is 4.81. The lowest BCUT2D eigenvalue weighted by Crippen LogP contribution is -2.51. The Morgan fingerprint density at radius 3 is 2.17 bits per heavy atom. The zero-order chi connectivity index (χ0) is 12.8. The Kier molecular flexibility index (Phi) is 2.65. The first-order valence-corrected chi connectivity index (χ1v) is 5.92. The number of nitrogens with zero attached hydrogens (tertiary/aromatic N) is 3. The summed E-state index contributed by atoms with van der Waals surface area (Å²) in [5, 5.41) is 3.45. The van der Waals surface area contributed by atoms with Gasteiger partial charge in [0.1, 0.15) is 0 Å². The number of alkyl halides is 3. The van der Waals surface area contributed by atoms with E-state index in [9.17, 15) is 13.2 Å². The van der Waals surface area contributed by atoms with E-state index in [4.69, 9.17) is 0 Å². The van der Waals surface area contributed by atoms with Crippen molar-refractivity contribution >= 4 is 5.95 Å². The molecule has 2 aliphatic heterocycles. The molecule has 1 aromatic rings. The van der Waals surface area contributed by atoms with Crippen molar-refractivity contribution in [2.75, 3.05) is 18.0 Å². The number of fused-ring (bicyclic) bond motifs is 2. The Labute approximate surface area is 102 Å². The number of anilines is 1. The summed E-state index contributed by atoms with van der Waals surface area (Å²) in [6, 6.07) is 0.823. The quantitative estimate of drug-likeness (QED) is 0.827. The van der Waals surface area contributed by atoms with Crippen molar-refractivity contribution in [3.05, 3.63) is 18.0 Å². The van der Waals surface area contributed by atoms with Crippen LogP contribution in [0.15, 0.2) is 12.4 Å². The van der Waals surface area contributed by atoms with Gasteiger partial charge in [-0.2, -0.15) is 13.2 Å². The molecule has 0 amide bonds. The number of aromatic nitrogens is 2. The van der Waals surface area contributed by atoms with Crippen LogP contribution in [0.5, 0.6) is 0 Å². The van der Waals surface area contributed by atoms with Crippen molar-refractivity contribution in [2.24, 2.45) is 0 Å². The van der Waals surface area contributed by atoms with Crippen LogP contribution in [0, 0.1) is 0 Å². The normalized spacial score (nSPS) is 27.6. The van der Waals surface area contributed by atoms with Crippen LogP contribution in [-0.4, -0.2) is 35.1 Å². The van der Waals surface area contributed by atoms with Crippen molar-refractivity contribution < 1.29 is 13.2 Å². The van der Waals surface area contributed by atoms with Gasteiger partial charge in [-0.25, -0.2) is 9.97 Å². The van der Waals surface area contributed by atoms with Gasteiger partial charge >= 0.3 is 6.18 Å². The minimum Gasteiger partial charge on any atom is -0.338 e. The third-order valence-corrected chi connectivity index (χ3v) is 3.46. The molecule has 0 spiro atoms. The van der Waals surface area contributed by atoms with E-state index in [1.165, 1.54) is 0 Å². The molecule has 18 heavy (non-hydrogen) atoms. The molecule has 1 N–H and O–H groups in total. The van der Waals surface area contributed by atoms with Crippen molar-refractivity contribution in [2.45, 2.75) is 31.1 Å². The van der Waals surface area contributed by atoms with Gasteiger partial charge in [0, 0.05) is 37.6 Å². The van der Waals surface area contributed by atoms with Crippen LogP contribution in [0.3, 0.4) is 0 Å². The maximum Gasteiger partial charge on any atom is 0.419 e. The highest BCUT2D eigenvalue weighted by atomic mass is 19.4. The topological polar surface area (TPSA) is 41.1 Å². The Balaban J connectivity index is 1.77. The summed E-state index contributed by atoms with van der Waals surface area (Å²) < 4.78 is 37.2. The maximum atomic E-state index is 12.4. The van der Waals surface area contributed by atoms with Gasteiger partial charge in [-0.3, -0.25) is 0 Å². The second-order valence-corrected chi connectivity index (χ2v) is 4.81. The van der Waals surface area contributed by atoms with Crippen LogP contribution in [0.25, 0.3) is 0 Å².